The maximum atomic E-state index is 13.4. The smallest absolute Gasteiger partial charge is 0.326 e. The highest BCUT2D eigenvalue weighted by atomic mass is 35.5. The van der Waals surface area contributed by atoms with Crippen molar-refractivity contribution in [2.24, 2.45) is 0 Å². The molecule has 0 saturated heterocycles. The highest BCUT2D eigenvalue weighted by Crippen LogP contribution is 2.39. The van der Waals surface area contributed by atoms with Crippen molar-refractivity contribution in [3.05, 3.63) is 106 Å². The van der Waals surface area contributed by atoms with E-state index in [0.29, 0.717) is 28.1 Å². The van der Waals surface area contributed by atoms with E-state index in [0.717, 1.165) is 27.8 Å². The third kappa shape index (κ3) is 4.33. The van der Waals surface area contributed by atoms with Crippen molar-refractivity contribution in [3.8, 4) is 11.4 Å². The molecule has 0 aliphatic carbocycles. The zero-order valence-corrected chi connectivity index (χ0v) is 20.7. The Kier molecular flexibility index (Phi) is 5.91. The molecule has 0 saturated carbocycles. The van der Waals surface area contributed by atoms with Gasteiger partial charge in [0.05, 0.1) is 17.3 Å². The first-order valence-electron chi connectivity index (χ1n) is 11.4. The molecular formula is C28H25ClN4O2. The summed E-state index contributed by atoms with van der Waals surface area (Å²) in [6, 6.07) is 20.6. The van der Waals surface area contributed by atoms with Gasteiger partial charge in [0, 0.05) is 16.3 Å². The van der Waals surface area contributed by atoms with Gasteiger partial charge in [-0.2, -0.15) is 4.98 Å². The maximum Gasteiger partial charge on any atom is 0.326 e. The fourth-order valence-electron chi connectivity index (χ4n) is 4.29. The van der Waals surface area contributed by atoms with Crippen LogP contribution in [0.2, 0.25) is 5.02 Å². The van der Waals surface area contributed by atoms with Crippen LogP contribution in [0.25, 0.3) is 17.0 Å². The zero-order chi connectivity index (χ0) is 24.7. The first-order valence-corrected chi connectivity index (χ1v) is 11.7. The standard InChI is InChI=1S/C28H25ClN4O2/c1-16-8-11-20(12-9-16)26-31-27(35-32-26)24-19(4)33(23-7-5-6-22(29)15-23)28(34)30-25(24)21-13-10-17(2)18(3)14-21/h5-15,25H,1-4H3,(H,30,34). The number of benzene rings is 3. The number of halogens is 1. The first-order chi connectivity index (χ1) is 16.8. The van der Waals surface area contributed by atoms with Gasteiger partial charge < -0.3 is 9.84 Å². The summed E-state index contributed by atoms with van der Waals surface area (Å²) in [5, 5.41) is 7.93. The summed E-state index contributed by atoms with van der Waals surface area (Å²) in [6.07, 6.45) is 0. The van der Waals surface area contributed by atoms with Crippen molar-refractivity contribution in [2.75, 3.05) is 4.90 Å². The molecule has 1 unspecified atom stereocenters. The predicted octanol–water partition coefficient (Wildman–Crippen LogP) is 7.02. The van der Waals surface area contributed by atoms with Gasteiger partial charge >= 0.3 is 6.03 Å². The molecule has 35 heavy (non-hydrogen) atoms. The Bertz CT molecular complexity index is 1460. The van der Waals surface area contributed by atoms with Crippen LogP contribution in [0.15, 0.2) is 77.0 Å². The van der Waals surface area contributed by atoms with Crippen molar-refractivity contribution < 1.29 is 9.32 Å². The zero-order valence-electron chi connectivity index (χ0n) is 20.0. The van der Waals surface area contributed by atoms with Crippen LogP contribution < -0.4 is 10.2 Å². The maximum absolute atomic E-state index is 13.4. The Hall–Kier alpha value is -3.90. The average Bonchev–Trinajstić information content (AvgIpc) is 3.31. The Morgan fingerprint density at radius 3 is 2.43 bits per heavy atom. The van der Waals surface area contributed by atoms with Crippen molar-refractivity contribution in [1.29, 1.82) is 0 Å². The highest BCUT2D eigenvalue weighted by molar-refractivity contribution is 6.31. The summed E-state index contributed by atoms with van der Waals surface area (Å²) in [4.78, 5) is 19.7. The number of nitrogens with one attached hydrogen (secondary N) is 1. The Balaban J connectivity index is 1.67. The Labute approximate surface area is 209 Å². The summed E-state index contributed by atoms with van der Waals surface area (Å²) in [6.45, 7) is 8.04. The SMILES string of the molecule is CC1=C(c2nc(-c3ccc(C)cc3)no2)C(c2ccc(C)c(C)c2)NC(=O)N1c1cccc(Cl)c1. The van der Waals surface area contributed by atoms with Crippen LogP contribution in [0.1, 0.15) is 41.1 Å². The molecule has 1 aliphatic heterocycles. The molecule has 176 valence electrons. The van der Waals surface area contributed by atoms with E-state index >= 15 is 0 Å². The summed E-state index contributed by atoms with van der Waals surface area (Å²) in [5.41, 5.74) is 7.35. The number of hydrogen-bond donors (Lipinski definition) is 1. The Morgan fingerprint density at radius 1 is 0.943 bits per heavy atom. The molecule has 3 aromatic carbocycles. The molecular weight excluding hydrogens is 460 g/mol. The van der Waals surface area contributed by atoms with Crippen LogP contribution in [-0.4, -0.2) is 16.2 Å². The third-order valence-electron chi connectivity index (χ3n) is 6.38. The van der Waals surface area contributed by atoms with Gasteiger partial charge in [-0.25, -0.2) is 4.79 Å². The molecule has 7 heteroatoms. The van der Waals surface area contributed by atoms with Crippen molar-refractivity contribution in [2.45, 2.75) is 33.7 Å². The van der Waals surface area contributed by atoms with Gasteiger partial charge in [0.1, 0.15) is 0 Å². The number of urea groups is 1. The second-order valence-corrected chi connectivity index (χ2v) is 9.27. The molecule has 6 nitrogen and oxygen atoms in total. The molecule has 5 rings (SSSR count). The molecule has 0 bridgehead atoms. The monoisotopic (exact) mass is 484 g/mol. The van der Waals surface area contributed by atoms with Gasteiger partial charge in [-0.3, -0.25) is 4.90 Å². The fraction of sp³-hybridized carbons (Fsp3) is 0.179. The van der Waals surface area contributed by atoms with E-state index in [2.05, 4.69) is 36.5 Å². The van der Waals surface area contributed by atoms with Gasteiger partial charge in [-0.05, 0) is 62.6 Å². The van der Waals surface area contributed by atoms with Gasteiger partial charge in [-0.15, -0.1) is 0 Å². The van der Waals surface area contributed by atoms with Crippen LogP contribution in [0.3, 0.4) is 0 Å². The lowest BCUT2D eigenvalue weighted by atomic mass is 9.92. The molecule has 1 aliphatic rings. The fourth-order valence-corrected chi connectivity index (χ4v) is 4.48. The lowest BCUT2D eigenvalue weighted by molar-refractivity contribution is 0.244. The second-order valence-electron chi connectivity index (χ2n) is 8.83. The molecule has 0 fully saturated rings. The first kappa shape index (κ1) is 22.9. The summed E-state index contributed by atoms with van der Waals surface area (Å²) >= 11 is 6.24. The number of rotatable bonds is 4. The van der Waals surface area contributed by atoms with E-state index in [1.54, 1.807) is 17.0 Å². The summed E-state index contributed by atoms with van der Waals surface area (Å²) in [5.74, 6) is 0.846. The minimum atomic E-state index is -0.455. The average molecular weight is 485 g/mol. The number of anilines is 1. The number of amides is 2. The minimum absolute atomic E-state index is 0.255. The topological polar surface area (TPSA) is 71.3 Å². The largest absolute Gasteiger partial charge is 0.334 e. The number of nitrogens with zero attached hydrogens (tertiary/aromatic N) is 3. The van der Waals surface area contributed by atoms with Crippen LogP contribution in [0.4, 0.5) is 10.5 Å². The number of aryl methyl sites for hydroxylation is 3. The van der Waals surface area contributed by atoms with Crippen LogP contribution >= 0.6 is 11.6 Å². The van der Waals surface area contributed by atoms with Crippen LogP contribution in [0.5, 0.6) is 0 Å². The van der Waals surface area contributed by atoms with Gasteiger partial charge in [-0.1, -0.05) is 70.9 Å². The summed E-state index contributed by atoms with van der Waals surface area (Å²) < 4.78 is 5.79. The molecule has 4 aromatic rings. The highest BCUT2D eigenvalue weighted by Gasteiger charge is 2.36. The quantitative estimate of drug-likeness (QED) is 0.338. The van der Waals surface area contributed by atoms with E-state index in [-0.39, 0.29) is 6.03 Å². The van der Waals surface area contributed by atoms with Crippen molar-refractivity contribution in [3.63, 3.8) is 0 Å². The molecule has 1 N–H and O–H groups in total. The van der Waals surface area contributed by atoms with Crippen molar-refractivity contribution in [1.82, 2.24) is 15.5 Å². The van der Waals surface area contributed by atoms with Gasteiger partial charge in [0.15, 0.2) is 0 Å². The lowest BCUT2D eigenvalue weighted by Crippen LogP contribution is -2.46. The number of carbonyl (C=O) groups excluding carboxylic acids is 1. The van der Waals surface area contributed by atoms with Gasteiger partial charge in [0.2, 0.25) is 5.82 Å². The Morgan fingerprint density at radius 2 is 1.71 bits per heavy atom. The van der Waals surface area contributed by atoms with E-state index in [1.807, 2.05) is 56.3 Å². The van der Waals surface area contributed by atoms with Crippen LogP contribution in [-0.2, 0) is 0 Å². The molecule has 1 atom stereocenters. The summed E-state index contributed by atoms with van der Waals surface area (Å²) in [7, 11) is 0. The van der Waals surface area contributed by atoms with E-state index < -0.39 is 6.04 Å². The number of carbonyl (C=O) groups is 1. The van der Waals surface area contributed by atoms with E-state index in [9.17, 15) is 4.79 Å². The minimum Gasteiger partial charge on any atom is -0.334 e. The van der Waals surface area contributed by atoms with Crippen LogP contribution in [0, 0.1) is 20.8 Å². The molecule has 0 radical (unpaired) electrons. The van der Waals surface area contributed by atoms with Gasteiger partial charge in [0.25, 0.3) is 5.89 Å². The van der Waals surface area contributed by atoms with E-state index in [4.69, 9.17) is 21.1 Å². The van der Waals surface area contributed by atoms with Crippen molar-refractivity contribution >= 4 is 28.9 Å². The predicted molar refractivity (Wildman–Crippen MR) is 138 cm³/mol. The van der Waals surface area contributed by atoms with E-state index in [1.165, 1.54) is 5.56 Å². The lowest BCUT2D eigenvalue weighted by Gasteiger charge is -2.35. The number of hydrogen-bond acceptors (Lipinski definition) is 4. The third-order valence-corrected chi connectivity index (χ3v) is 6.62. The molecule has 2 amide bonds. The molecule has 0 spiro atoms. The normalized spacial score (nSPS) is 16.0. The number of allylic oxidation sites excluding steroid dienone is 1. The molecule has 2 heterocycles. The molecule has 1 aromatic heterocycles. The number of aromatic nitrogens is 2. The second kappa shape index (κ2) is 9.04.